The molecule has 1 amide bonds. The van der Waals surface area contributed by atoms with Crippen molar-refractivity contribution in [3.63, 3.8) is 0 Å². The lowest BCUT2D eigenvalue weighted by molar-refractivity contribution is -0.253. The van der Waals surface area contributed by atoms with Crippen LogP contribution in [0.1, 0.15) is 137 Å². The lowest BCUT2D eigenvalue weighted by Gasteiger charge is -2.38. The van der Waals surface area contributed by atoms with E-state index < -0.39 is 6.29 Å². The molecule has 0 radical (unpaired) electrons. The predicted octanol–water partition coefficient (Wildman–Crippen LogP) is 9.39. The van der Waals surface area contributed by atoms with E-state index in [2.05, 4.69) is 41.2 Å². The Morgan fingerprint density at radius 3 is 2.02 bits per heavy atom. The van der Waals surface area contributed by atoms with Crippen LogP contribution in [0.4, 0.5) is 5.69 Å². The van der Waals surface area contributed by atoms with E-state index in [1.807, 2.05) is 36.4 Å². The number of hydrogen-bond donors (Lipinski definition) is 2. The van der Waals surface area contributed by atoms with E-state index in [0.29, 0.717) is 11.3 Å². The maximum atomic E-state index is 12.7. The average Bonchev–Trinajstić information content (AvgIpc) is 3.11. The molecule has 1 saturated heterocycles. The standard InChI is InChI=1S/C40H57N3O4/c1-3-5-7-9-11-13-26-43(27-14-12-10-8-6-4-2)30-37-28-38(33-19-17-32(31-44)18-20-33)47-40(46-37)34-21-23-36(24-22-34)42-39(45)35-16-15-25-41-29-35/h15-25,29,37-38,40,44H,3-14,26-28,30-31H2,1-2H3,(H,42,45). The number of ether oxygens (including phenoxy) is 2. The van der Waals surface area contributed by atoms with Crippen molar-refractivity contribution < 1.29 is 19.4 Å². The van der Waals surface area contributed by atoms with Crippen LogP contribution in [0.3, 0.4) is 0 Å². The number of amides is 1. The Balaban J connectivity index is 1.44. The number of benzene rings is 2. The van der Waals surface area contributed by atoms with Gasteiger partial charge in [-0.2, -0.15) is 0 Å². The van der Waals surface area contributed by atoms with Gasteiger partial charge in [0.05, 0.1) is 24.4 Å². The Hall–Kier alpha value is -3.10. The zero-order chi connectivity index (χ0) is 33.1. The van der Waals surface area contributed by atoms with Gasteiger partial charge in [-0.15, -0.1) is 0 Å². The number of unbranched alkanes of at least 4 members (excludes halogenated alkanes) is 10. The van der Waals surface area contributed by atoms with Gasteiger partial charge in [0, 0.05) is 36.6 Å². The summed E-state index contributed by atoms with van der Waals surface area (Å²) in [4.78, 5) is 19.3. The van der Waals surface area contributed by atoms with Crippen molar-refractivity contribution in [3.8, 4) is 0 Å². The lowest BCUT2D eigenvalue weighted by Crippen LogP contribution is -2.40. The van der Waals surface area contributed by atoms with Crippen LogP contribution < -0.4 is 5.32 Å². The van der Waals surface area contributed by atoms with Gasteiger partial charge < -0.3 is 24.8 Å². The molecule has 2 N–H and O–H groups in total. The Morgan fingerprint density at radius 1 is 0.809 bits per heavy atom. The fraction of sp³-hybridized carbons (Fsp3) is 0.550. The normalized spacial score (nSPS) is 18.0. The largest absolute Gasteiger partial charge is 0.392 e. The number of hydrogen-bond acceptors (Lipinski definition) is 6. The number of aliphatic hydroxyl groups is 1. The highest BCUT2D eigenvalue weighted by Gasteiger charge is 2.33. The van der Waals surface area contributed by atoms with Gasteiger partial charge in [0.1, 0.15) is 0 Å². The zero-order valence-corrected chi connectivity index (χ0v) is 28.7. The van der Waals surface area contributed by atoms with E-state index in [1.54, 1.807) is 24.5 Å². The van der Waals surface area contributed by atoms with Gasteiger partial charge in [-0.1, -0.05) is 114 Å². The topological polar surface area (TPSA) is 83.9 Å². The maximum Gasteiger partial charge on any atom is 0.257 e. The first-order valence-corrected chi connectivity index (χ1v) is 18.1. The van der Waals surface area contributed by atoms with Crippen LogP contribution in [0.25, 0.3) is 0 Å². The summed E-state index contributed by atoms with van der Waals surface area (Å²) in [7, 11) is 0. The summed E-state index contributed by atoms with van der Waals surface area (Å²) in [5, 5.41) is 12.5. The van der Waals surface area contributed by atoms with E-state index in [9.17, 15) is 9.90 Å². The molecule has 1 aliphatic heterocycles. The second kappa shape index (κ2) is 21.0. The smallest absolute Gasteiger partial charge is 0.257 e. The molecule has 2 heterocycles. The van der Waals surface area contributed by atoms with Crippen molar-refractivity contribution in [2.24, 2.45) is 0 Å². The Morgan fingerprint density at radius 2 is 1.43 bits per heavy atom. The van der Waals surface area contributed by atoms with Crippen LogP contribution in [0.2, 0.25) is 0 Å². The summed E-state index contributed by atoms with van der Waals surface area (Å²) in [6, 6.07) is 19.3. The van der Waals surface area contributed by atoms with Crippen LogP contribution in [-0.2, 0) is 16.1 Å². The molecule has 256 valence electrons. The molecule has 2 aromatic carbocycles. The molecule has 3 unspecified atom stereocenters. The highest BCUT2D eigenvalue weighted by atomic mass is 16.7. The first kappa shape index (κ1) is 36.7. The van der Waals surface area contributed by atoms with E-state index in [4.69, 9.17) is 9.47 Å². The number of nitrogens with zero attached hydrogens (tertiary/aromatic N) is 2. The second-order valence-corrected chi connectivity index (χ2v) is 13.0. The van der Waals surface area contributed by atoms with Crippen LogP contribution in [0, 0.1) is 0 Å². The van der Waals surface area contributed by atoms with Gasteiger partial charge in [-0.05, 0) is 61.3 Å². The van der Waals surface area contributed by atoms with Crippen molar-refractivity contribution in [2.45, 2.75) is 122 Å². The number of carbonyl (C=O) groups excluding carboxylic acids is 1. The van der Waals surface area contributed by atoms with Crippen molar-refractivity contribution in [2.75, 3.05) is 25.0 Å². The van der Waals surface area contributed by atoms with Crippen LogP contribution in [-0.4, -0.2) is 46.6 Å². The fourth-order valence-electron chi connectivity index (χ4n) is 6.27. The first-order valence-electron chi connectivity index (χ1n) is 18.1. The van der Waals surface area contributed by atoms with Crippen LogP contribution >= 0.6 is 0 Å². The molecule has 4 rings (SSSR count). The molecule has 1 fully saturated rings. The predicted molar refractivity (Wildman–Crippen MR) is 190 cm³/mol. The van der Waals surface area contributed by atoms with Gasteiger partial charge in [0.25, 0.3) is 5.91 Å². The van der Waals surface area contributed by atoms with Crippen LogP contribution in [0.5, 0.6) is 0 Å². The number of anilines is 1. The SMILES string of the molecule is CCCCCCCCN(CCCCCCCC)CC1CC(c2ccc(CO)cc2)OC(c2ccc(NC(=O)c3cccnc3)cc2)O1. The molecule has 1 aliphatic rings. The molecule has 3 aromatic rings. The third-order valence-corrected chi connectivity index (χ3v) is 9.10. The molecule has 7 nitrogen and oxygen atoms in total. The maximum absolute atomic E-state index is 12.7. The lowest BCUT2D eigenvalue weighted by atomic mass is 9.99. The summed E-state index contributed by atoms with van der Waals surface area (Å²) in [5.41, 5.74) is 4.13. The molecule has 0 spiro atoms. The molecular formula is C40H57N3O4. The van der Waals surface area contributed by atoms with Gasteiger partial charge in [0.2, 0.25) is 0 Å². The van der Waals surface area contributed by atoms with E-state index in [-0.39, 0.29) is 24.7 Å². The van der Waals surface area contributed by atoms with Crippen molar-refractivity contribution in [3.05, 3.63) is 95.3 Å². The number of aromatic nitrogens is 1. The Labute approximate surface area is 283 Å². The van der Waals surface area contributed by atoms with Crippen molar-refractivity contribution >= 4 is 11.6 Å². The molecule has 0 aliphatic carbocycles. The number of carbonyl (C=O) groups is 1. The highest BCUT2D eigenvalue weighted by molar-refractivity contribution is 6.04. The third-order valence-electron chi connectivity index (χ3n) is 9.10. The zero-order valence-electron chi connectivity index (χ0n) is 28.7. The number of aliphatic hydroxyl groups excluding tert-OH is 1. The van der Waals surface area contributed by atoms with Crippen LogP contribution in [0.15, 0.2) is 73.1 Å². The minimum absolute atomic E-state index is 0.0152. The first-order chi connectivity index (χ1) is 23.1. The fourth-order valence-corrected chi connectivity index (χ4v) is 6.27. The molecule has 47 heavy (non-hydrogen) atoms. The van der Waals surface area contributed by atoms with Gasteiger partial charge in [-0.3, -0.25) is 9.78 Å². The average molecular weight is 644 g/mol. The summed E-state index contributed by atoms with van der Waals surface area (Å²) in [6.45, 7) is 7.66. The number of pyridine rings is 1. The van der Waals surface area contributed by atoms with Crippen molar-refractivity contribution in [1.29, 1.82) is 0 Å². The van der Waals surface area contributed by atoms with Crippen molar-refractivity contribution in [1.82, 2.24) is 9.88 Å². The second-order valence-electron chi connectivity index (χ2n) is 13.0. The Kier molecular flexibility index (Phi) is 16.4. The Bertz CT molecular complexity index is 1250. The number of rotatable bonds is 21. The molecule has 1 aromatic heterocycles. The van der Waals surface area contributed by atoms with E-state index in [0.717, 1.165) is 42.7 Å². The van der Waals surface area contributed by atoms with Gasteiger partial charge >= 0.3 is 0 Å². The number of nitrogens with one attached hydrogen (secondary N) is 1. The minimum Gasteiger partial charge on any atom is -0.392 e. The van der Waals surface area contributed by atoms with Gasteiger partial charge in [0.15, 0.2) is 6.29 Å². The van der Waals surface area contributed by atoms with E-state index in [1.165, 1.54) is 77.0 Å². The summed E-state index contributed by atoms with van der Waals surface area (Å²) >= 11 is 0. The molecule has 0 bridgehead atoms. The molecule has 3 atom stereocenters. The summed E-state index contributed by atoms with van der Waals surface area (Å²) in [6.07, 6.45) is 18.9. The minimum atomic E-state index is -0.524. The molecule has 0 saturated carbocycles. The quantitative estimate of drug-likeness (QED) is 0.113. The monoisotopic (exact) mass is 643 g/mol. The van der Waals surface area contributed by atoms with E-state index >= 15 is 0 Å². The third kappa shape index (κ3) is 12.8. The van der Waals surface area contributed by atoms with Gasteiger partial charge in [-0.25, -0.2) is 0 Å². The summed E-state index contributed by atoms with van der Waals surface area (Å²) in [5.74, 6) is -0.196. The highest BCUT2D eigenvalue weighted by Crippen LogP contribution is 2.38. The molecule has 7 heteroatoms. The molecular weight excluding hydrogens is 586 g/mol. The summed E-state index contributed by atoms with van der Waals surface area (Å²) < 4.78 is 13.3.